The van der Waals surface area contributed by atoms with E-state index in [1.165, 1.54) is 6.08 Å². The van der Waals surface area contributed by atoms with Gasteiger partial charge in [-0.3, -0.25) is 0 Å². The Kier molecular flexibility index (Phi) is 2.26. The lowest BCUT2D eigenvalue weighted by atomic mass is 10.0. The molecule has 0 saturated heterocycles. The summed E-state index contributed by atoms with van der Waals surface area (Å²) in [5, 5.41) is 8.37. The number of carboxylic acids is 1. The highest BCUT2D eigenvalue weighted by molar-refractivity contribution is 5.80. The van der Waals surface area contributed by atoms with Crippen molar-refractivity contribution in [3.05, 3.63) is 23.8 Å². The molecule has 0 saturated carbocycles. The first-order valence-electron chi connectivity index (χ1n) is 3.36. The van der Waals surface area contributed by atoms with Crippen LogP contribution in [0, 0.1) is 0 Å². The minimum absolute atomic E-state index is 0.812. The minimum atomic E-state index is -0.828. The van der Waals surface area contributed by atoms with E-state index in [2.05, 4.69) is 6.08 Å². The zero-order valence-corrected chi connectivity index (χ0v) is 5.71. The summed E-state index contributed by atoms with van der Waals surface area (Å²) in [6.07, 6.45) is 8.11. The van der Waals surface area contributed by atoms with Crippen LogP contribution in [0.3, 0.4) is 0 Å². The molecule has 0 atom stereocenters. The Morgan fingerprint density at radius 2 is 2.40 bits per heavy atom. The van der Waals surface area contributed by atoms with Crippen LogP contribution in [0.5, 0.6) is 0 Å². The Labute approximate surface area is 59.9 Å². The summed E-state index contributed by atoms with van der Waals surface area (Å²) in [6.45, 7) is 0. The summed E-state index contributed by atoms with van der Waals surface area (Å²) >= 11 is 0. The van der Waals surface area contributed by atoms with Gasteiger partial charge in [-0.15, -0.1) is 0 Å². The third-order valence-electron chi connectivity index (χ3n) is 1.51. The fourth-order valence-electron chi connectivity index (χ4n) is 1.03. The molecule has 0 aromatic carbocycles. The van der Waals surface area contributed by atoms with Gasteiger partial charge in [-0.05, 0) is 19.3 Å². The average Bonchev–Trinajstić information content (AvgIpc) is 1.88. The highest BCUT2D eigenvalue weighted by atomic mass is 16.4. The van der Waals surface area contributed by atoms with Crippen molar-refractivity contribution in [2.24, 2.45) is 0 Å². The standard InChI is InChI=1S/C8H10O2/c9-8(10)6-7-4-2-1-3-5-7/h1-2,6H,3-5H2,(H,9,10)/b7-6+. The van der Waals surface area contributed by atoms with Crippen LogP contribution in [0.2, 0.25) is 0 Å². The molecule has 10 heavy (non-hydrogen) atoms. The second-order valence-electron chi connectivity index (χ2n) is 2.36. The molecule has 0 spiro atoms. The second kappa shape index (κ2) is 3.20. The third kappa shape index (κ3) is 2.05. The quantitative estimate of drug-likeness (QED) is 0.442. The number of hydrogen-bond acceptors (Lipinski definition) is 1. The maximum atomic E-state index is 10.2. The van der Waals surface area contributed by atoms with Crippen molar-refractivity contribution >= 4 is 5.97 Å². The van der Waals surface area contributed by atoms with Crippen LogP contribution in [0.1, 0.15) is 19.3 Å². The van der Waals surface area contributed by atoms with Crippen LogP contribution < -0.4 is 0 Å². The fraction of sp³-hybridized carbons (Fsp3) is 0.375. The topological polar surface area (TPSA) is 37.3 Å². The van der Waals surface area contributed by atoms with E-state index in [4.69, 9.17) is 5.11 Å². The molecule has 2 heteroatoms. The highest BCUT2D eigenvalue weighted by Crippen LogP contribution is 2.16. The molecule has 1 N–H and O–H groups in total. The van der Waals surface area contributed by atoms with Crippen molar-refractivity contribution in [3.63, 3.8) is 0 Å². The largest absolute Gasteiger partial charge is 0.478 e. The van der Waals surface area contributed by atoms with Gasteiger partial charge in [-0.2, -0.15) is 0 Å². The predicted octanol–water partition coefficient (Wildman–Crippen LogP) is 1.74. The molecule has 1 aliphatic carbocycles. The molecule has 1 rings (SSSR count). The molecule has 54 valence electrons. The summed E-state index contributed by atoms with van der Waals surface area (Å²) in [7, 11) is 0. The smallest absolute Gasteiger partial charge is 0.328 e. The summed E-state index contributed by atoms with van der Waals surface area (Å²) in [4.78, 5) is 10.2. The lowest BCUT2D eigenvalue weighted by Crippen LogP contribution is -1.94. The fourth-order valence-corrected chi connectivity index (χ4v) is 1.03. The zero-order valence-electron chi connectivity index (χ0n) is 5.71. The molecular formula is C8H10O2. The molecule has 0 fully saturated rings. The molecule has 1 aliphatic rings. The number of hydrogen-bond donors (Lipinski definition) is 1. The molecular weight excluding hydrogens is 128 g/mol. The first-order chi connectivity index (χ1) is 4.79. The number of aliphatic carboxylic acids is 1. The summed E-state index contributed by atoms with van der Waals surface area (Å²) < 4.78 is 0. The van der Waals surface area contributed by atoms with Gasteiger partial charge >= 0.3 is 5.97 Å². The van der Waals surface area contributed by atoms with Gasteiger partial charge in [0, 0.05) is 6.08 Å². The molecule has 0 aliphatic heterocycles. The maximum absolute atomic E-state index is 10.2. The van der Waals surface area contributed by atoms with Crippen molar-refractivity contribution in [1.82, 2.24) is 0 Å². The van der Waals surface area contributed by atoms with Crippen LogP contribution in [0.25, 0.3) is 0 Å². The van der Waals surface area contributed by atoms with Gasteiger partial charge in [-0.1, -0.05) is 17.7 Å². The summed E-state index contributed by atoms with van der Waals surface area (Å²) in [5.74, 6) is -0.828. The first kappa shape index (κ1) is 7.06. The molecule has 0 radical (unpaired) electrons. The normalized spacial score (nSPS) is 21.4. The maximum Gasteiger partial charge on any atom is 0.328 e. The van der Waals surface area contributed by atoms with Crippen molar-refractivity contribution in [1.29, 1.82) is 0 Å². The van der Waals surface area contributed by atoms with E-state index >= 15 is 0 Å². The Hall–Kier alpha value is -1.05. The van der Waals surface area contributed by atoms with Gasteiger partial charge in [0.2, 0.25) is 0 Å². The molecule has 0 heterocycles. The van der Waals surface area contributed by atoms with Crippen molar-refractivity contribution < 1.29 is 9.90 Å². The van der Waals surface area contributed by atoms with Gasteiger partial charge in [0.05, 0.1) is 0 Å². The van der Waals surface area contributed by atoms with Crippen LogP contribution in [0.15, 0.2) is 23.8 Å². The van der Waals surface area contributed by atoms with Gasteiger partial charge in [0.25, 0.3) is 0 Å². The summed E-state index contributed by atoms with van der Waals surface area (Å²) in [6, 6.07) is 0. The highest BCUT2D eigenvalue weighted by Gasteiger charge is 2.00. The monoisotopic (exact) mass is 138 g/mol. The Morgan fingerprint density at radius 1 is 1.60 bits per heavy atom. The average molecular weight is 138 g/mol. The Balaban J connectivity index is 2.56. The second-order valence-corrected chi connectivity index (χ2v) is 2.36. The molecule has 0 amide bonds. The third-order valence-corrected chi connectivity index (χ3v) is 1.51. The van der Waals surface area contributed by atoms with Crippen LogP contribution in [-0.2, 0) is 4.79 Å². The number of rotatable bonds is 1. The van der Waals surface area contributed by atoms with Crippen LogP contribution in [0.4, 0.5) is 0 Å². The van der Waals surface area contributed by atoms with Crippen LogP contribution in [-0.4, -0.2) is 11.1 Å². The number of allylic oxidation sites excluding steroid dienone is 3. The minimum Gasteiger partial charge on any atom is -0.478 e. The van der Waals surface area contributed by atoms with Gasteiger partial charge in [-0.25, -0.2) is 4.79 Å². The Morgan fingerprint density at radius 3 is 2.90 bits per heavy atom. The van der Waals surface area contributed by atoms with Gasteiger partial charge < -0.3 is 5.11 Å². The van der Waals surface area contributed by atoms with Crippen molar-refractivity contribution in [3.8, 4) is 0 Å². The SMILES string of the molecule is O=C(O)/C=C1\CC=CCC1. The van der Waals surface area contributed by atoms with E-state index in [0.717, 1.165) is 24.8 Å². The molecule has 0 aromatic rings. The number of carboxylic acid groups (broad SMARTS) is 1. The first-order valence-corrected chi connectivity index (χ1v) is 3.36. The van der Waals surface area contributed by atoms with Crippen molar-refractivity contribution in [2.75, 3.05) is 0 Å². The van der Waals surface area contributed by atoms with Gasteiger partial charge in [0.1, 0.15) is 0 Å². The van der Waals surface area contributed by atoms with E-state index in [1.807, 2.05) is 6.08 Å². The Bertz CT molecular complexity index is 189. The predicted molar refractivity (Wildman–Crippen MR) is 38.7 cm³/mol. The lowest BCUT2D eigenvalue weighted by Gasteiger charge is -2.05. The van der Waals surface area contributed by atoms with Crippen LogP contribution >= 0.6 is 0 Å². The lowest BCUT2D eigenvalue weighted by molar-refractivity contribution is -0.131. The molecule has 0 bridgehead atoms. The molecule has 0 aromatic heterocycles. The van der Waals surface area contributed by atoms with E-state index in [9.17, 15) is 4.79 Å². The van der Waals surface area contributed by atoms with E-state index < -0.39 is 5.97 Å². The van der Waals surface area contributed by atoms with E-state index in [1.54, 1.807) is 0 Å². The molecule has 2 nitrogen and oxygen atoms in total. The molecule has 0 unspecified atom stereocenters. The van der Waals surface area contributed by atoms with Gasteiger partial charge in [0.15, 0.2) is 0 Å². The zero-order chi connectivity index (χ0) is 7.40. The van der Waals surface area contributed by atoms with E-state index in [-0.39, 0.29) is 0 Å². The van der Waals surface area contributed by atoms with E-state index in [0.29, 0.717) is 0 Å². The number of carbonyl (C=O) groups is 1. The van der Waals surface area contributed by atoms with Crippen molar-refractivity contribution in [2.45, 2.75) is 19.3 Å². The summed E-state index contributed by atoms with van der Waals surface area (Å²) in [5.41, 5.74) is 1.02.